The fraction of sp³-hybridized carbons (Fsp3) is 0.320. The molecule has 0 aliphatic carbocycles. The Bertz CT molecular complexity index is 864. The van der Waals surface area contributed by atoms with Crippen LogP contribution in [0.2, 0.25) is 0 Å². The molecule has 0 atom stereocenters. The van der Waals surface area contributed by atoms with E-state index in [1.165, 1.54) is 11.1 Å². The Kier molecular flexibility index (Phi) is 8.53. The minimum Gasteiger partial charge on any atom is -0.490 e. The zero-order chi connectivity index (χ0) is 21.2. The number of esters is 1. The monoisotopic (exact) mass is 393 g/mol. The van der Waals surface area contributed by atoms with E-state index in [2.05, 4.69) is 6.07 Å². The lowest BCUT2D eigenvalue weighted by Gasteiger charge is -2.11. The van der Waals surface area contributed by atoms with Crippen LogP contribution in [0.5, 0.6) is 5.75 Å². The van der Waals surface area contributed by atoms with Crippen LogP contribution in [0.3, 0.4) is 0 Å². The summed E-state index contributed by atoms with van der Waals surface area (Å²) in [7, 11) is 3.87. The van der Waals surface area contributed by atoms with Crippen molar-refractivity contribution in [1.29, 1.82) is 0 Å². The lowest BCUT2D eigenvalue weighted by Crippen LogP contribution is -2.15. The Morgan fingerprint density at radius 3 is 2.31 bits per heavy atom. The van der Waals surface area contributed by atoms with Gasteiger partial charge in [0, 0.05) is 26.1 Å². The molecule has 0 amide bonds. The Hall–Kier alpha value is -3.01. The molecule has 0 heterocycles. The Balaban J connectivity index is 1.96. The number of hydrogen-bond acceptors (Lipinski definition) is 4. The molecule has 4 heteroatoms. The minimum absolute atomic E-state index is 0.203. The largest absolute Gasteiger partial charge is 0.490 e. The van der Waals surface area contributed by atoms with Crippen molar-refractivity contribution in [3.8, 4) is 5.75 Å². The van der Waals surface area contributed by atoms with Gasteiger partial charge in [-0.2, -0.15) is 0 Å². The molecule has 2 aromatic rings. The van der Waals surface area contributed by atoms with Gasteiger partial charge in [-0.25, -0.2) is 4.79 Å². The lowest BCUT2D eigenvalue weighted by molar-refractivity contribution is -0.139. The maximum Gasteiger partial charge on any atom is 0.334 e. The van der Waals surface area contributed by atoms with Crippen molar-refractivity contribution in [1.82, 2.24) is 4.90 Å². The fourth-order valence-electron chi connectivity index (χ4n) is 2.80. The number of ether oxygens (including phenoxy) is 2. The number of allylic oxidation sites excluding steroid dienone is 2. The van der Waals surface area contributed by atoms with Crippen molar-refractivity contribution in [2.24, 2.45) is 0 Å². The normalized spacial score (nSPS) is 11.6. The quantitative estimate of drug-likeness (QED) is 0.266. The van der Waals surface area contributed by atoms with E-state index >= 15 is 0 Å². The summed E-state index contributed by atoms with van der Waals surface area (Å²) < 4.78 is 11.2. The van der Waals surface area contributed by atoms with Gasteiger partial charge in [0.05, 0.1) is 0 Å². The van der Waals surface area contributed by atoms with E-state index < -0.39 is 0 Å². The van der Waals surface area contributed by atoms with Gasteiger partial charge in [0.1, 0.15) is 19.0 Å². The lowest BCUT2D eigenvalue weighted by atomic mass is 10.0. The van der Waals surface area contributed by atoms with Gasteiger partial charge in [-0.3, -0.25) is 0 Å². The predicted octanol–water partition coefficient (Wildman–Crippen LogP) is 4.78. The van der Waals surface area contributed by atoms with Gasteiger partial charge in [-0.05, 0) is 50.2 Å². The van der Waals surface area contributed by atoms with Gasteiger partial charge in [0.15, 0.2) is 0 Å². The molecule has 0 bridgehead atoms. The molecule has 154 valence electrons. The number of rotatable bonds is 9. The van der Waals surface area contributed by atoms with E-state index in [4.69, 9.17) is 9.47 Å². The van der Waals surface area contributed by atoms with Crippen LogP contribution in [0.15, 0.2) is 66.4 Å². The molecule has 0 unspecified atom stereocenters. The Labute approximate surface area is 174 Å². The van der Waals surface area contributed by atoms with Gasteiger partial charge in [0.2, 0.25) is 0 Å². The molecule has 0 saturated heterocycles. The first-order chi connectivity index (χ1) is 13.8. The van der Waals surface area contributed by atoms with Crippen LogP contribution in [0.25, 0.3) is 0 Å². The van der Waals surface area contributed by atoms with Crippen molar-refractivity contribution in [2.45, 2.75) is 27.2 Å². The number of nitrogens with zero attached hydrogens (tertiary/aromatic N) is 1. The average Bonchev–Trinajstić information content (AvgIpc) is 2.67. The van der Waals surface area contributed by atoms with Crippen molar-refractivity contribution < 1.29 is 14.3 Å². The summed E-state index contributed by atoms with van der Waals surface area (Å²) in [6.07, 6.45) is 6.09. The van der Waals surface area contributed by atoms with Crippen LogP contribution in [0, 0.1) is 20.8 Å². The van der Waals surface area contributed by atoms with E-state index in [-0.39, 0.29) is 12.6 Å². The van der Waals surface area contributed by atoms with Gasteiger partial charge in [-0.15, -0.1) is 0 Å². The van der Waals surface area contributed by atoms with E-state index in [0.29, 0.717) is 18.6 Å². The third-order valence-corrected chi connectivity index (χ3v) is 4.36. The van der Waals surface area contributed by atoms with Crippen molar-refractivity contribution in [3.05, 3.63) is 88.6 Å². The summed E-state index contributed by atoms with van der Waals surface area (Å²) in [6.45, 7) is 6.62. The molecule has 0 N–H and O–H groups in total. The van der Waals surface area contributed by atoms with Crippen LogP contribution in [0.4, 0.5) is 0 Å². The molecular formula is C25H31NO3. The third-order valence-electron chi connectivity index (χ3n) is 4.36. The molecule has 0 aromatic heterocycles. The summed E-state index contributed by atoms with van der Waals surface area (Å²) in [6, 6.07) is 14.2. The molecule has 0 aliphatic heterocycles. The molecule has 0 radical (unpaired) electrons. The van der Waals surface area contributed by atoms with Crippen LogP contribution >= 0.6 is 0 Å². The topological polar surface area (TPSA) is 38.8 Å². The van der Waals surface area contributed by atoms with Gasteiger partial charge in [-0.1, -0.05) is 53.6 Å². The first-order valence-corrected chi connectivity index (χ1v) is 9.81. The molecule has 2 aromatic carbocycles. The zero-order valence-electron chi connectivity index (χ0n) is 18.1. The number of aryl methyl sites for hydroxylation is 3. The molecule has 2 rings (SSSR count). The van der Waals surface area contributed by atoms with Gasteiger partial charge in [0.25, 0.3) is 0 Å². The summed E-state index contributed by atoms with van der Waals surface area (Å²) in [5.74, 6) is 0.495. The summed E-state index contributed by atoms with van der Waals surface area (Å²) in [5.41, 5.74) is 5.14. The van der Waals surface area contributed by atoms with Crippen molar-refractivity contribution in [2.75, 3.05) is 27.3 Å². The van der Waals surface area contributed by atoms with E-state index in [1.807, 2.05) is 94.5 Å². The zero-order valence-corrected chi connectivity index (χ0v) is 18.1. The second-order valence-electron chi connectivity index (χ2n) is 7.41. The predicted molar refractivity (Wildman–Crippen MR) is 118 cm³/mol. The summed E-state index contributed by atoms with van der Waals surface area (Å²) in [5, 5.41) is 0. The highest BCUT2D eigenvalue weighted by Gasteiger charge is 2.12. The molecular weight excluding hydrogens is 362 g/mol. The standard InChI is InChI=1S/C25H31NO3/c1-19-8-11-22(12-9-19)18-23(7-6-14-26(4)5)25(27)29-16-15-28-24-13-10-20(2)17-21(24)3/h6-14,17H,15-16,18H2,1-5H3/b14-6+,23-7-. The molecule has 0 spiro atoms. The molecule has 4 nitrogen and oxygen atoms in total. The van der Waals surface area contributed by atoms with Crippen molar-refractivity contribution >= 4 is 5.97 Å². The third kappa shape index (κ3) is 7.86. The Morgan fingerprint density at radius 2 is 1.66 bits per heavy atom. The van der Waals surface area contributed by atoms with Crippen LogP contribution < -0.4 is 4.74 Å². The van der Waals surface area contributed by atoms with E-state index in [0.717, 1.165) is 16.9 Å². The number of carbonyl (C=O) groups is 1. The maximum absolute atomic E-state index is 12.6. The van der Waals surface area contributed by atoms with E-state index in [1.54, 1.807) is 0 Å². The van der Waals surface area contributed by atoms with Crippen LogP contribution in [0.1, 0.15) is 22.3 Å². The van der Waals surface area contributed by atoms with E-state index in [9.17, 15) is 4.79 Å². The molecule has 0 saturated carbocycles. The van der Waals surface area contributed by atoms with Crippen molar-refractivity contribution in [3.63, 3.8) is 0 Å². The van der Waals surface area contributed by atoms with Gasteiger partial charge < -0.3 is 14.4 Å². The minimum atomic E-state index is -0.321. The Morgan fingerprint density at radius 1 is 0.966 bits per heavy atom. The molecule has 29 heavy (non-hydrogen) atoms. The molecule has 0 aliphatic rings. The maximum atomic E-state index is 12.6. The number of carbonyl (C=O) groups excluding carboxylic acids is 1. The average molecular weight is 394 g/mol. The van der Waals surface area contributed by atoms with Gasteiger partial charge >= 0.3 is 5.97 Å². The van der Waals surface area contributed by atoms with Crippen LogP contribution in [-0.4, -0.2) is 38.2 Å². The second-order valence-corrected chi connectivity index (χ2v) is 7.41. The highest BCUT2D eigenvalue weighted by molar-refractivity contribution is 5.89. The highest BCUT2D eigenvalue weighted by atomic mass is 16.6. The summed E-state index contributed by atoms with van der Waals surface area (Å²) in [4.78, 5) is 14.5. The number of hydrogen-bond donors (Lipinski definition) is 0. The highest BCUT2D eigenvalue weighted by Crippen LogP contribution is 2.18. The fourth-order valence-corrected chi connectivity index (χ4v) is 2.80. The van der Waals surface area contributed by atoms with Crippen LogP contribution in [-0.2, 0) is 16.0 Å². The first kappa shape index (κ1) is 22.3. The second kappa shape index (κ2) is 11.1. The first-order valence-electron chi connectivity index (χ1n) is 9.81. The molecule has 0 fully saturated rings. The summed E-state index contributed by atoms with van der Waals surface area (Å²) >= 11 is 0. The smallest absolute Gasteiger partial charge is 0.334 e. The SMILES string of the molecule is Cc1ccc(C/C(=C/C=C/N(C)C)C(=O)OCCOc2ccc(C)cc2C)cc1. The number of benzene rings is 2.